The molecule has 0 aliphatic carbocycles. The molecular formula is C14H18N4O3. The molecule has 2 rings (SSSR count). The van der Waals surface area contributed by atoms with E-state index in [2.05, 4.69) is 15.4 Å². The lowest BCUT2D eigenvalue weighted by molar-refractivity contribution is -0.117. The van der Waals surface area contributed by atoms with Crippen LogP contribution in [0.5, 0.6) is 11.5 Å². The minimum absolute atomic E-state index is 0.0272. The topological polar surface area (TPSA) is 79.1 Å². The standard InChI is InChI=1S/C14H18N4O3/c1-4-20-12-7-6-11(8-13(12)21-5-2)14-15-17-18(16-14)9-10(3)19/h6-8H,4-5,9H2,1-3H3. The summed E-state index contributed by atoms with van der Waals surface area (Å²) in [6, 6.07) is 5.46. The second kappa shape index (κ2) is 6.83. The Hall–Kier alpha value is -2.44. The van der Waals surface area contributed by atoms with Crippen LogP contribution in [0.25, 0.3) is 11.4 Å². The first-order valence-electron chi connectivity index (χ1n) is 6.81. The third-order valence-corrected chi connectivity index (χ3v) is 2.62. The van der Waals surface area contributed by atoms with E-state index >= 15 is 0 Å². The third kappa shape index (κ3) is 3.77. The highest BCUT2D eigenvalue weighted by Crippen LogP contribution is 2.31. The van der Waals surface area contributed by atoms with Crippen molar-refractivity contribution in [1.82, 2.24) is 20.2 Å². The van der Waals surface area contributed by atoms with Crippen molar-refractivity contribution in [2.75, 3.05) is 13.2 Å². The smallest absolute Gasteiger partial charge is 0.205 e. The zero-order valence-electron chi connectivity index (χ0n) is 12.4. The summed E-state index contributed by atoms with van der Waals surface area (Å²) >= 11 is 0. The molecule has 0 unspecified atom stereocenters. The fourth-order valence-corrected chi connectivity index (χ4v) is 1.82. The summed E-state index contributed by atoms with van der Waals surface area (Å²) in [5, 5.41) is 12.0. The summed E-state index contributed by atoms with van der Waals surface area (Å²) in [6.45, 7) is 6.51. The maximum absolute atomic E-state index is 11.0. The van der Waals surface area contributed by atoms with Crippen molar-refractivity contribution in [2.24, 2.45) is 0 Å². The monoisotopic (exact) mass is 290 g/mol. The first kappa shape index (κ1) is 15.0. The van der Waals surface area contributed by atoms with Gasteiger partial charge in [0.2, 0.25) is 5.82 Å². The van der Waals surface area contributed by atoms with Crippen molar-refractivity contribution in [2.45, 2.75) is 27.3 Å². The number of carbonyl (C=O) groups is 1. The van der Waals surface area contributed by atoms with Crippen LogP contribution in [0.1, 0.15) is 20.8 Å². The molecule has 21 heavy (non-hydrogen) atoms. The van der Waals surface area contributed by atoms with Crippen LogP contribution in [-0.4, -0.2) is 39.2 Å². The SMILES string of the molecule is CCOc1ccc(-c2nnn(CC(C)=O)n2)cc1OCC. The van der Waals surface area contributed by atoms with Crippen LogP contribution in [-0.2, 0) is 11.3 Å². The normalized spacial score (nSPS) is 10.4. The largest absolute Gasteiger partial charge is 0.490 e. The van der Waals surface area contributed by atoms with Gasteiger partial charge in [0, 0.05) is 5.56 Å². The van der Waals surface area contributed by atoms with Crippen LogP contribution in [0, 0.1) is 0 Å². The summed E-state index contributed by atoms with van der Waals surface area (Å²) < 4.78 is 11.1. The molecule has 0 amide bonds. The average molecular weight is 290 g/mol. The van der Waals surface area contributed by atoms with Crippen molar-refractivity contribution < 1.29 is 14.3 Å². The van der Waals surface area contributed by atoms with Crippen molar-refractivity contribution in [1.29, 1.82) is 0 Å². The lowest BCUT2D eigenvalue weighted by Gasteiger charge is -2.11. The van der Waals surface area contributed by atoms with Gasteiger partial charge in [0.05, 0.1) is 13.2 Å². The third-order valence-electron chi connectivity index (χ3n) is 2.62. The average Bonchev–Trinajstić information content (AvgIpc) is 2.89. The number of Topliss-reactive ketones (excluding diaryl/α,β-unsaturated/α-hetero) is 1. The maximum atomic E-state index is 11.0. The van der Waals surface area contributed by atoms with Gasteiger partial charge in [0.25, 0.3) is 0 Å². The molecule has 0 saturated heterocycles. The van der Waals surface area contributed by atoms with Crippen molar-refractivity contribution in [3.8, 4) is 22.9 Å². The van der Waals surface area contributed by atoms with Gasteiger partial charge in [0.15, 0.2) is 17.3 Å². The molecule has 7 nitrogen and oxygen atoms in total. The van der Waals surface area contributed by atoms with Gasteiger partial charge in [-0.2, -0.15) is 4.80 Å². The van der Waals surface area contributed by atoms with Crippen LogP contribution in [0.15, 0.2) is 18.2 Å². The van der Waals surface area contributed by atoms with E-state index in [1.165, 1.54) is 11.7 Å². The first-order valence-corrected chi connectivity index (χ1v) is 6.81. The number of hydrogen-bond acceptors (Lipinski definition) is 6. The summed E-state index contributed by atoms with van der Waals surface area (Å²) in [5.74, 6) is 1.74. The van der Waals surface area contributed by atoms with Gasteiger partial charge >= 0.3 is 0 Å². The number of ether oxygens (including phenoxy) is 2. The highest BCUT2D eigenvalue weighted by molar-refractivity contribution is 5.75. The zero-order valence-corrected chi connectivity index (χ0v) is 12.4. The van der Waals surface area contributed by atoms with Crippen LogP contribution in [0.3, 0.4) is 0 Å². The molecule has 0 saturated carbocycles. The van der Waals surface area contributed by atoms with E-state index in [-0.39, 0.29) is 12.3 Å². The molecular weight excluding hydrogens is 272 g/mol. The number of carbonyl (C=O) groups excluding carboxylic acids is 1. The zero-order chi connectivity index (χ0) is 15.2. The highest BCUT2D eigenvalue weighted by Gasteiger charge is 2.11. The van der Waals surface area contributed by atoms with Crippen LogP contribution >= 0.6 is 0 Å². The lowest BCUT2D eigenvalue weighted by Crippen LogP contribution is -2.09. The van der Waals surface area contributed by atoms with E-state index in [4.69, 9.17) is 9.47 Å². The van der Waals surface area contributed by atoms with Crippen molar-refractivity contribution >= 4 is 5.78 Å². The van der Waals surface area contributed by atoms with Gasteiger partial charge in [-0.25, -0.2) is 0 Å². The molecule has 0 bridgehead atoms. The molecule has 0 aliphatic rings. The fraction of sp³-hybridized carbons (Fsp3) is 0.429. The molecule has 0 atom stereocenters. The molecule has 0 spiro atoms. The van der Waals surface area contributed by atoms with Gasteiger partial charge < -0.3 is 9.47 Å². The van der Waals surface area contributed by atoms with Gasteiger partial charge in [0.1, 0.15) is 6.54 Å². The Morgan fingerprint density at radius 2 is 1.90 bits per heavy atom. The molecule has 0 radical (unpaired) electrons. The number of aromatic nitrogens is 4. The Balaban J connectivity index is 2.28. The summed E-state index contributed by atoms with van der Waals surface area (Å²) in [5.41, 5.74) is 0.761. The summed E-state index contributed by atoms with van der Waals surface area (Å²) in [7, 11) is 0. The number of ketones is 1. The minimum atomic E-state index is -0.0272. The van der Waals surface area contributed by atoms with Crippen molar-refractivity contribution in [3.05, 3.63) is 18.2 Å². The van der Waals surface area contributed by atoms with E-state index in [0.29, 0.717) is 30.5 Å². The molecule has 0 fully saturated rings. The van der Waals surface area contributed by atoms with Gasteiger partial charge in [-0.1, -0.05) is 0 Å². The Kier molecular flexibility index (Phi) is 4.86. The Morgan fingerprint density at radius 1 is 1.19 bits per heavy atom. The first-order chi connectivity index (χ1) is 10.1. The van der Waals surface area contributed by atoms with Crippen molar-refractivity contribution in [3.63, 3.8) is 0 Å². The second-order valence-electron chi connectivity index (χ2n) is 4.37. The van der Waals surface area contributed by atoms with Gasteiger partial charge in [-0.15, -0.1) is 10.2 Å². The van der Waals surface area contributed by atoms with E-state index in [0.717, 1.165) is 5.56 Å². The number of rotatable bonds is 7. The van der Waals surface area contributed by atoms with E-state index in [1.807, 2.05) is 32.0 Å². The molecule has 112 valence electrons. The quantitative estimate of drug-likeness (QED) is 0.772. The highest BCUT2D eigenvalue weighted by atomic mass is 16.5. The van der Waals surface area contributed by atoms with Crippen LogP contribution < -0.4 is 9.47 Å². The summed E-state index contributed by atoms with van der Waals surface area (Å²) in [6.07, 6.45) is 0. The fourth-order valence-electron chi connectivity index (χ4n) is 1.82. The van der Waals surface area contributed by atoms with E-state index < -0.39 is 0 Å². The number of hydrogen-bond donors (Lipinski definition) is 0. The molecule has 1 aromatic heterocycles. The predicted octanol–water partition coefficient (Wildman–Crippen LogP) is 1.73. The minimum Gasteiger partial charge on any atom is -0.490 e. The maximum Gasteiger partial charge on any atom is 0.205 e. The Labute approximate surface area is 122 Å². The molecule has 1 heterocycles. The Bertz CT molecular complexity index is 624. The van der Waals surface area contributed by atoms with Crippen LogP contribution in [0.4, 0.5) is 0 Å². The van der Waals surface area contributed by atoms with E-state index in [1.54, 1.807) is 0 Å². The van der Waals surface area contributed by atoms with Gasteiger partial charge in [-0.05, 0) is 44.2 Å². The predicted molar refractivity (Wildman–Crippen MR) is 76.3 cm³/mol. The molecule has 0 aliphatic heterocycles. The molecule has 2 aromatic rings. The van der Waals surface area contributed by atoms with Gasteiger partial charge in [-0.3, -0.25) is 4.79 Å². The lowest BCUT2D eigenvalue weighted by atomic mass is 10.2. The van der Waals surface area contributed by atoms with E-state index in [9.17, 15) is 4.79 Å². The Morgan fingerprint density at radius 3 is 2.57 bits per heavy atom. The second-order valence-corrected chi connectivity index (χ2v) is 4.37. The number of tetrazole rings is 1. The van der Waals surface area contributed by atoms with Crippen LogP contribution in [0.2, 0.25) is 0 Å². The molecule has 7 heteroatoms. The summed E-state index contributed by atoms with van der Waals surface area (Å²) in [4.78, 5) is 12.3. The molecule has 0 N–H and O–H groups in total. The molecule has 1 aromatic carbocycles. The number of benzene rings is 1. The number of nitrogens with zero attached hydrogens (tertiary/aromatic N) is 4.